The molecule has 0 aliphatic carbocycles. The third-order valence-corrected chi connectivity index (χ3v) is 5.27. The van der Waals surface area contributed by atoms with Gasteiger partial charge in [-0.05, 0) is 36.4 Å². The van der Waals surface area contributed by atoms with Gasteiger partial charge in [0.15, 0.2) is 6.10 Å². The highest BCUT2D eigenvalue weighted by Gasteiger charge is 2.61. The maximum atomic E-state index is 13.4. The van der Waals surface area contributed by atoms with E-state index in [1.54, 1.807) is 47.7 Å². The summed E-state index contributed by atoms with van der Waals surface area (Å²) in [6.07, 6.45) is 0.622. The van der Waals surface area contributed by atoms with Crippen LogP contribution in [0, 0.1) is 5.92 Å². The van der Waals surface area contributed by atoms with Crippen molar-refractivity contribution in [3.8, 4) is 5.75 Å². The molecule has 0 N–H and O–H groups in total. The highest BCUT2D eigenvalue weighted by molar-refractivity contribution is 6.24. The van der Waals surface area contributed by atoms with Crippen LogP contribution in [0.15, 0.2) is 77.4 Å². The summed E-state index contributed by atoms with van der Waals surface area (Å²) in [5.41, 5.74) is 1.21. The molecule has 0 unspecified atom stereocenters. The molecule has 2 aliphatic heterocycles. The lowest BCUT2D eigenvalue weighted by molar-refractivity contribution is -0.126. The number of nitrogens with zero attached hydrogens (tertiary/aromatic N) is 2. The first kappa shape index (κ1) is 17.5. The number of carbonyl (C=O) groups excluding carboxylic acids is 2. The fraction of sp³-hybridized carbons (Fsp3) is 0.182. The molecule has 0 bridgehead atoms. The van der Waals surface area contributed by atoms with E-state index in [-0.39, 0.29) is 5.91 Å². The van der Waals surface area contributed by atoms with E-state index in [0.29, 0.717) is 17.2 Å². The zero-order valence-corrected chi connectivity index (χ0v) is 15.6. The minimum Gasteiger partial charge on any atom is -0.497 e. The normalized spacial score (nSPS) is 23.6. The van der Waals surface area contributed by atoms with Crippen LogP contribution in [0.5, 0.6) is 5.75 Å². The second-order valence-electron chi connectivity index (χ2n) is 6.89. The van der Waals surface area contributed by atoms with Gasteiger partial charge in [-0.1, -0.05) is 24.3 Å². The Balaban J connectivity index is 1.56. The first-order chi connectivity index (χ1) is 14.2. The summed E-state index contributed by atoms with van der Waals surface area (Å²) in [7, 11) is 1.54. The second-order valence-corrected chi connectivity index (χ2v) is 6.89. The van der Waals surface area contributed by atoms with Crippen LogP contribution in [0.2, 0.25) is 0 Å². The predicted octanol–water partition coefficient (Wildman–Crippen LogP) is 3.34. The summed E-state index contributed by atoms with van der Waals surface area (Å²) in [6, 6.07) is 19.2. The molecule has 146 valence electrons. The summed E-state index contributed by atoms with van der Waals surface area (Å²) in [6.45, 7) is 0. The van der Waals surface area contributed by atoms with Crippen molar-refractivity contribution in [2.75, 3.05) is 17.1 Å². The topological polar surface area (TPSA) is 72.2 Å². The number of hydrogen-bond donors (Lipinski definition) is 0. The number of fused-ring (bicyclic) bond motifs is 1. The van der Waals surface area contributed by atoms with Gasteiger partial charge in [-0.25, -0.2) is 9.96 Å². The van der Waals surface area contributed by atoms with Gasteiger partial charge < -0.3 is 9.15 Å². The fourth-order valence-electron chi connectivity index (χ4n) is 3.97. The summed E-state index contributed by atoms with van der Waals surface area (Å²) in [5.74, 6) is -0.319. The number of hydroxylamine groups is 1. The van der Waals surface area contributed by atoms with Crippen LogP contribution in [0.4, 0.5) is 11.4 Å². The number of amides is 2. The van der Waals surface area contributed by atoms with Gasteiger partial charge in [0.1, 0.15) is 23.5 Å². The Kier molecular flexibility index (Phi) is 4.10. The minimum atomic E-state index is -0.927. The van der Waals surface area contributed by atoms with Gasteiger partial charge in [-0.2, -0.15) is 0 Å². The van der Waals surface area contributed by atoms with Crippen molar-refractivity contribution in [3.05, 3.63) is 78.8 Å². The Morgan fingerprint density at radius 1 is 0.897 bits per heavy atom. The van der Waals surface area contributed by atoms with E-state index in [9.17, 15) is 9.59 Å². The SMILES string of the molecule is COc1cccc(N2C(=O)[C@@H]3[C@@H](ON(c4ccccc4)[C@H]3c3ccco3)C2=O)c1. The minimum absolute atomic E-state index is 0.326. The lowest BCUT2D eigenvalue weighted by Gasteiger charge is -2.27. The summed E-state index contributed by atoms with van der Waals surface area (Å²) >= 11 is 0. The van der Waals surface area contributed by atoms with Crippen LogP contribution in [0.25, 0.3) is 0 Å². The van der Waals surface area contributed by atoms with Crippen molar-refractivity contribution in [2.45, 2.75) is 12.1 Å². The van der Waals surface area contributed by atoms with Gasteiger partial charge in [-0.15, -0.1) is 0 Å². The Morgan fingerprint density at radius 3 is 2.41 bits per heavy atom. The van der Waals surface area contributed by atoms with Crippen molar-refractivity contribution in [2.24, 2.45) is 5.92 Å². The number of para-hydroxylation sites is 1. The molecule has 2 aliphatic rings. The molecule has 29 heavy (non-hydrogen) atoms. The highest BCUT2D eigenvalue weighted by Crippen LogP contribution is 2.47. The monoisotopic (exact) mass is 390 g/mol. The highest BCUT2D eigenvalue weighted by atomic mass is 16.7. The molecule has 5 rings (SSSR count). The number of ether oxygens (including phenoxy) is 1. The third kappa shape index (κ3) is 2.70. The molecule has 2 amide bonds. The quantitative estimate of drug-likeness (QED) is 0.637. The predicted molar refractivity (Wildman–Crippen MR) is 104 cm³/mol. The number of methoxy groups -OCH3 is 1. The Hall–Kier alpha value is -3.58. The molecular formula is C22H18N2O5. The average Bonchev–Trinajstić information content (AvgIpc) is 3.46. The van der Waals surface area contributed by atoms with Gasteiger partial charge in [0.05, 0.1) is 24.7 Å². The molecule has 0 saturated carbocycles. The van der Waals surface area contributed by atoms with Crippen LogP contribution in [0.3, 0.4) is 0 Å². The summed E-state index contributed by atoms with van der Waals surface area (Å²) < 4.78 is 10.8. The van der Waals surface area contributed by atoms with Crippen molar-refractivity contribution < 1.29 is 23.6 Å². The molecule has 0 spiro atoms. The zero-order chi connectivity index (χ0) is 20.0. The number of imide groups is 1. The van der Waals surface area contributed by atoms with Crippen molar-refractivity contribution >= 4 is 23.2 Å². The number of hydrogen-bond acceptors (Lipinski definition) is 6. The molecule has 2 aromatic carbocycles. The van der Waals surface area contributed by atoms with Crippen molar-refractivity contribution in [3.63, 3.8) is 0 Å². The number of benzene rings is 2. The maximum absolute atomic E-state index is 13.4. The van der Waals surface area contributed by atoms with E-state index in [1.807, 2.05) is 30.3 Å². The summed E-state index contributed by atoms with van der Waals surface area (Å²) in [4.78, 5) is 33.8. The molecule has 2 fully saturated rings. The molecular weight excluding hydrogens is 372 g/mol. The van der Waals surface area contributed by atoms with Gasteiger partial charge in [0.2, 0.25) is 5.91 Å². The van der Waals surface area contributed by atoms with E-state index in [2.05, 4.69) is 0 Å². The average molecular weight is 390 g/mol. The first-order valence-electron chi connectivity index (χ1n) is 9.25. The summed E-state index contributed by atoms with van der Waals surface area (Å²) in [5, 5.41) is 1.60. The molecule has 3 heterocycles. The second kappa shape index (κ2) is 6.79. The fourth-order valence-corrected chi connectivity index (χ4v) is 3.97. The van der Waals surface area contributed by atoms with Crippen LogP contribution < -0.4 is 14.7 Å². The molecule has 7 nitrogen and oxygen atoms in total. The van der Waals surface area contributed by atoms with E-state index in [4.69, 9.17) is 14.0 Å². The van der Waals surface area contributed by atoms with E-state index in [0.717, 1.165) is 5.69 Å². The van der Waals surface area contributed by atoms with Gasteiger partial charge >= 0.3 is 0 Å². The van der Waals surface area contributed by atoms with Gasteiger partial charge in [-0.3, -0.25) is 14.4 Å². The number of furan rings is 1. The molecule has 3 atom stereocenters. The van der Waals surface area contributed by atoms with Crippen LogP contribution in [0.1, 0.15) is 11.8 Å². The molecule has 1 aromatic heterocycles. The Labute approximate surface area is 167 Å². The number of rotatable bonds is 4. The van der Waals surface area contributed by atoms with Crippen LogP contribution in [-0.4, -0.2) is 25.0 Å². The van der Waals surface area contributed by atoms with Crippen molar-refractivity contribution in [1.29, 1.82) is 0 Å². The van der Waals surface area contributed by atoms with E-state index < -0.39 is 24.0 Å². The maximum Gasteiger partial charge on any atom is 0.266 e. The van der Waals surface area contributed by atoms with E-state index in [1.165, 1.54) is 12.0 Å². The van der Waals surface area contributed by atoms with Crippen LogP contribution in [-0.2, 0) is 14.4 Å². The first-order valence-corrected chi connectivity index (χ1v) is 9.25. The molecule has 2 saturated heterocycles. The van der Waals surface area contributed by atoms with Crippen molar-refractivity contribution in [1.82, 2.24) is 0 Å². The third-order valence-electron chi connectivity index (χ3n) is 5.27. The molecule has 7 heteroatoms. The van der Waals surface area contributed by atoms with Crippen LogP contribution >= 0.6 is 0 Å². The largest absolute Gasteiger partial charge is 0.497 e. The van der Waals surface area contributed by atoms with Gasteiger partial charge in [0.25, 0.3) is 5.91 Å². The number of carbonyl (C=O) groups is 2. The van der Waals surface area contributed by atoms with Gasteiger partial charge in [0, 0.05) is 6.07 Å². The number of anilines is 2. The van der Waals surface area contributed by atoms with E-state index >= 15 is 0 Å². The lowest BCUT2D eigenvalue weighted by atomic mass is 9.94. The molecule has 0 radical (unpaired) electrons. The standard InChI is InChI=1S/C22H18N2O5/c1-27-16-10-5-9-15(13-16)23-21(25)18-19(17-11-6-12-28-17)24(29-20(18)22(23)26)14-7-3-2-4-8-14/h2-13,18-20H,1H3/t18-,19-,20+/m0/s1. The Bertz CT molecular complexity index is 1050. The molecule has 3 aromatic rings. The Morgan fingerprint density at radius 2 is 1.69 bits per heavy atom. The smallest absolute Gasteiger partial charge is 0.266 e. The zero-order valence-electron chi connectivity index (χ0n) is 15.6. The lowest BCUT2D eigenvalue weighted by Crippen LogP contribution is -2.37.